The van der Waals surface area contributed by atoms with E-state index in [0.29, 0.717) is 12.8 Å². The van der Waals surface area contributed by atoms with E-state index in [4.69, 9.17) is 9.47 Å². The maximum atomic E-state index is 12.6. The van der Waals surface area contributed by atoms with E-state index < -0.39 is 47.7 Å². The molecule has 0 radical (unpaired) electrons. The minimum atomic E-state index is -0.893. The van der Waals surface area contributed by atoms with Gasteiger partial charge < -0.3 is 9.47 Å². The number of carbonyl (C=O) groups excluding carboxylic acids is 6. The molecule has 0 aromatic rings. The van der Waals surface area contributed by atoms with Gasteiger partial charge in [-0.25, -0.2) is 9.59 Å². The molecular weight excluding hydrogens is 528 g/mol. The van der Waals surface area contributed by atoms with Gasteiger partial charge in [-0.05, 0) is 24.7 Å². The molecule has 228 valence electrons. The second kappa shape index (κ2) is 17.5. The van der Waals surface area contributed by atoms with Gasteiger partial charge in [0.2, 0.25) is 0 Å². The molecule has 0 N–H and O–H groups in total. The van der Waals surface area contributed by atoms with E-state index in [0.717, 1.165) is 67.6 Å². The van der Waals surface area contributed by atoms with Gasteiger partial charge in [0.05, 0.1) is 13.2 Å². The zero-order chi connectivity index (χ0) is 30.4. The number of amides is 4. The van der Waals surface area contributed by atoms with E-state index >= 15 is 0 Å². The largest absolute Gasteiger partial charge is 0.464 e. The Morgan fingerprint density at radius 1 is 0.561 bits per heavy atom. The summed E-state index contributed by atoms with van der Waals surface area (Å²) in [4.78, 5) is 75.5. The van der Waals surface area contributed by atoms with Crippen LogP contribution >= 0.6 is 0 Å². The summed E-state index contributed by atoms with van der Waals surface area (Å²) >= 11 is 0. The molecule has 0 aliphatic carbocycles. The lowest BCUT2D eigenvalue weighted by Gasteiger charge is -2.28. The molecule has 2 rings (SSSR count). The third kappa shape index (κ3) is 9.93. The van der Waals surface area contributed by atoms with Crippen LogP contribution in [-0.2, 0) is 38.2 Å². The Kier molecular flexibility index (Phi) is 14.5. The second-order valence-electron chi connectivity index (χ2n) is 10.9. The Balaban J connectivity index is 1.53. The van der Waals surface area contributed by atoms with Gasteiger partial charge in [0.25, 0.3) is 23.6 Å². The standard InChI is InChI=1S/C31H46N2O8/c1-5-22(3)28(32-24(34)16-17-25(32)35)30(38)40-20-14-12-10-8-7-9-11-13-15-21-41-31(39)29(23(4)6-2)33-26(36)18-19-27(33)37/h16-19,22-23,28-29H,5-15,20-21H2,1-4H3. The fourth-order valence-electron chi connectivity index (χ4n) is 4.96. The molecule has 0 aromatic heterocycles. The molecule has 0 spiro atoms. The van der Waals surface area contributed by atoms with E-state index in [-0.39, 0.29) is 25.0 Å². The first-order chi connectivity index (χ1) is 19.6. The average Bonchev–Trinajstić information content (AvgIpc) is 3.46. The summed E-state index contributed by atoms with van der Waals surface area (Å²) in [5.41, 5.74) is 0. The summed E-state index contributed by atoms with van der Waals surface area (Å²) in [5.74, 6) is -3.32. The fourth-order valence-corrected chi connectivity index (χ4v) is 4.96. The predicted octanol–water partition coefficient (Wildman–Crippen LogP) is 4.26. The van der Waals surface area contributed by atoms with Crippen molar-refractivity contribution in [3.63, 3.8) is 0 Å². The molecule has 0 saturated heterocycles. The van der Waals surface area contributed by atoms with Crippen molar-refractivity contribution in [1.29, 1.82) is 0 Å². The van der Waals surface area contributed by atoms with Crippen molar-refractivity contribution in [1.82, 2.24) is 9.80 Å². The highest BCUT2D eigenvalue weighted by Gasteiger charge is 2.40. The summed E-state index contributed by atoms with van der Waals surface area (Å²) in [5, 5.41) is 0. The molecule has 2 heterocycles. The minimum absolute atomic E-state index is 0.187. The van der Waals surface area contributed by atoms with Crippen molar-refractivity contribution < 1.29 is 38.2 Å². The number of imide groups is 2. The first-order valence-electron chi connectivity index (χ1n) is 15.1. The summed E-state index contributed by atoms with van der Waals surface area (Å²) in [7, 11) is 0. The molecule has 10 heteroatoms. The van der Waals surface area contributed by atoms with Crippen LogP contribution in [0.4, 0.5) is 0 Å². The molecule has 2 aliphatic heterocycles. The van der Waals surface area contributed by atoms with Crippen molar-refractivity contribution >= 4 is 35.6 Å². The number of unbranched alkanes of at least 4 members (excludes halogenated alkanes) is 8. The lowest BCUT2D eigenvalue weighted by Crippen LogP contribution is -2.49. The molecule has 0 saturated carbocycles. The average molecular weight is 575 g/mol. The number of hydrogen-bond donors (Lipinski definition) is 0. The minimum Gasteiger partial charge on any atom is -0.464 e. The van der Waals surface area contributed by atoms with Gasteiger partial charge in [-0.15, -0.1) is 0 Å². The summed E-state index contributed by atoms with van der Waals surface area (Å²) in [6.07, 6.45) is 14.6. The van der Waals surface area contributed by atoms with Crippen molar-refractivity contribution in [3.05, 3.63) is 24.3 Å². The van der Waals surface area contributed by atoms with Crippen LogP contribution in [0, 0.1) is 11.8 Å². The van der Waals surface area contributed by atoms with E-state index in [1.165, 1.54) is 24.3 Å². The van der Waals surface area contributed by atoms with Crippen molar-refractivity contribution in [3.8, 4) is 0 Å². The zero-order valence-electron chi connectivity index (χ0n) is 25.0. The van der Waals surface area contributed by atoms with Crippen LogP contribution in [0.3, 0.4) is 0 Å². The number of rotatable bonds is 20. The zero-order valence-corrected chi connectivity index (χ0v) is 25.0. The van der Waals surface area contributed by atoms with Crippen LogP contribution < -0.4 is 0 Å². The lowest BCUT2D eigenvalue weighted by molar-refractivity contribution is -0.160. The Hall–Kier alpha value is -3.30. The highest BCUT2D eigenvalue weighted by Crippen LogP contribution is 2.22. The number of hydrogen-bond acceptors (Lipinski definition) is 8. The molecule has 4 amide bonds. The molecule has 10 nitrogen and oxygen atoms in total. The topological polar surface area (TPSA) is 127 Å². The molecule has 4 atom stereocenters. The van der Waals surface area contributed by atoms with Gasteiger partial charge in [-0.3, -0.25) is 29.0 Å². The van der Waals surface area contributed by atoms with Crippen LogP contribution in [0.2, 0.25) is 0 Å². The predicted molar refractivity (Wildman–Crippen MR) is 152 cm³/mol. The molecule has 41 heavy (non-hydrogen) atoms. The van der Waals surface area contributed by atoms with Crippen LogP contribution in [-0.4, -0.2) is 70.7 Å². The Bertz CT molecular complexity index is 890. The van der Waals surface area contributed by atoms with Gasteiger partial charge in [-0.1, -0.05) is 85.5 Å². The molecule has 0 fully saturated rings. The van der Waals surface area contributed by atoms with Crippen molar-refractivity contribution in [2.75, 3.05) is 13.2 Å². The lowest BCUT2D eigenvalue weighted by atomic mass is 9.97. The third-order valence-electron chi connectivity index (χ3n) is 7.87. The smallest absolute Gasteiger partial charge is 0.329 e. The SMILES string of the molecule is CCC(C)C(C(=O)OCCCCCCCCCCCOC(=O)C(C(C)CC)N1C(=O)C=CC1=O)N1C(=O)C=CC1=O. The van der Waals surface area contributed by atoms with Crippen molar-refractivity contribution in [2.45, 2.75) is 110 Å². The second-order valence-corrected chi connectivity index (χ2v) is 10.9. The molecule has 4 unspecified atom stereocenters. The van der Waals surface area contributed by atoms with E-state index in [1.807, 2.05) is 27.7 Å². The Labute approximate surface area is 243 Å². The van der Waals surface area contributed by atoms with Gasteiger partial charge in [0.1, 0.15) is 12.1 Å². The number of ether oxygens (including phenoxy) is 2. The Morgan fingerprint density at radius 3 is 1.10 bits per heavy atom. The van der Waals surface area contributed by atoms with E-state index in [9.17, 15) is 28.8 Å². The van der Waals surface area contributed by atoms with Crippen LogP contribution in [0.5, 0.6) is 0 Å². The summed E-state index contributed by atoms with van der Waals surface area (Å²) in [6.45, 7) is 8.01. The molecule has 0 aromatic carbocycles. The van der Waals surface area contributed by atoms with Crippen LogP contribution in [0.25, 0.3) is 0 Å². The molecule has 2 aliphatic rings. The van der Waals surface area contributed by atoms with Gasteiger partial charge in [0.15, 0.2) is 0 Å². The fraction of sp³-hybridized carbons (Fsp3) is 0.677. The summed E-state index contributed by atoms with van der Waals surface area (Å²) in [6, 6.07) is -1.79. The highest BCUT2D eigenvalue weighted by atomic mass is 16.5. The van der Waals surface area contributed by atoms with Gasteiger partial charge in [-0.2, -0.15) is 0 Å². The maximum absolute atomic E-state index is 12.6. The summed E-state index contributed by atoms with van der Waals surface area (Å²) < 4.78 is 10.8. The van der Waals surface area contributed by atoms with Crippen LogP contribution in [0.15, 0.2) is 24.3 Å². The monoisotopic (exact) mass is 574 g/mol. The van der Waals surface area contributed by atoms with Crippen LogP contribution in [0.1, 0.15) is 98.3 Å². The highest BCUT2D eigenvalue weighted by molar-refractivity contribution is 6.15. The van der Waals surface area contributed by atoms with Gasteiger partial charge >= 0.3 is 11.9 Å². The number of esters is 2. The molecule has 0 bridgehead atoms. The normalized spacial score (nSPS) is 17.8. The number of nitrogens with zero attached hydrogens (tertiary/aromatic N) is 2. The maximum Gasteiger partial charge on any atom is 0.329 e. The molecular formula is C31H46N2O8. The Morgan fingerprint density at radius 2 is 0.829 bits per heavy atom. The van der Waals surface area contributed by atoms with Gasteiger partial charge in [0, 0.05) is 24.3 Å². The first-order valence-corrected chi connectivity index (χ1v) is 15.1. The quantitative estimate of drug-likeness (QED) is 0.120. The first kappa shape index (κ1) is 33.9. The van der Waals surface area contributed by atoms with E-state index in [1.54, 1.807) is 0 Å². The third-order valence-corrected chi connectivity index (χ3v) is 7.87. The number of carbonyl (C=O) groups is 6. The van der Waals surface area contributed by atoms with E-state index in [2.05, 4.69) is 0 Å². The van der Waals surface area contributed by atoms with Crippen molar-refractivity contribution in [2.24, 2.45) is 11.8 Å².